The van der Waals surface area contributed by atoms with Gasteiger partial charge in [0.25, 0.3) is 0 Å². The lowest BCUT2D eigenvalue weighted by Crippen LogP contribution is -2.37. The first-order chi connectivity index (χ1) is 13.1. The van der Waals surface area contributed by atoms with Crippen molar-refractivity contribution in [1.29, 1.82) is 0 Å². The van der Waals surface area contributed by atoms with Gasteiger partial charge in [-0.3, -0.25) is 9.12 Å². The van der Waals surface area contributed by atoms with Gasteiger partial charge in [0.2, 0.25) is 0 Å². The Balaban J connectivity index is 2.14. The number of halogens is 3. The molecule has 0 bridgehead atoms. The van der Waals surface area contributed by atoms with Crippen LogP contribution < -0.4 is 8.92 Å². The molecule has 13 heteroatoms. The van der Waals surface area contributed by atoms with Gasteiger partial charge in [-0.15, -0.1) is 0 Å². The standard InChI is InChI=1S/C15H16Cl3N3O6S/c1-2-4-20(15(22)21-5-3-19-9-21)6-7-26-13-10(16)8-11(17)14(12(13)18)27-28(23,24)25/h3,5,8-9H,2,4,6-7H2,1H3,(H,23,24,25). The molecule has 0 radical (unpaired) electrons. The summed E-state index contributed by atoms with van der Waals surface area (Å²) in [6.07, 6.45) is 5.12. The Morgan fingerprint density at radius 1 is 1.25 bits per heavy atom. The summed E-state index contributed by atoms with van der Waals surface area (Å²) >= 11 is 18.0. The summed E-state index contributed by atoms with van der Waals surface area (Å²) in [4.78, 5) is 17.8. The summed E-state index contributed by atoms with van der Waals surface area (Å²) in [5.41, 5.74) is 0. The highest BCUT2D eigenvalue weighted by molar-refractivity contribution is 7.81. The zero-order valence-corrected chi connectivity index (χ0v) is 17.6. The Morgan fingerprint density at radius 3 is 2.50 bits per heavy atom. The molecule has 1 N–H and O–H groups in total. The number of rotatable bonds is 8. The van der Waals surface area contributed by atoms with E-state index in [1.54, 1.807) is 0 Å². The number of imidazole rings is 1. The Hall–Kier alpha value is -1.72. The Labute approximate surface area is 176 Å². The number of benzene rings is 1. The molecule has 0 saturated carbocycles. The van der Waals surface area contributed by atoms with Crippen molar-refractivity contribution >= 4 is 51.2 Å². The van der Waals surface area contributed by atoms with Crippen LogP contribution in [0.3, 0.4) is 0 Å². The summed E-state index contributed by atoms with van der Waals surface area (Å²) in [6, 6.07) is 0.873. The lowest BCUT2D eigenvalue weighted by molar-refractivity contribution is 0.184. The quantitative estimate of drug-likeness (QED) is 0.582. The fraction of sp³-hybridized carbons (Fsp3) is 0.333. The molecule has 2 rings (SSSR count). The number of aromatic nitrogens is 2. The molecular formula is C15H16Cl3N3O6S. The summed E-state index contributed by atoms with van der Waals surface area (Å²) in [5, 5.41) is -0.568. The van der Waals surface area contributed by atoms with Crippen molar-refractivity contribution in [3.05, 3.63) is 39.9 Å². The number of ether oxygens (including phenoxy) is 1. The van der Waals surface area contributed by atoms with Crippen LogP contribution in [-0.4, -0.2) is 53.1 Å². The van der Waals surface area contributed by atoms with E-state index in [1.807, 2.05) is 6.92 Å². The number of nitrogens with zero attached hydrogens (tertiary/aromatic N) is 3. The minimum Gasteiger partial charge on any atom is -0.488 e. The third-order valence-corrected chi connectivity index (χ3v) is 4.65. The summed E-state index contributed by atoms with van der Waals surface area (Å²) in [6.45, 7) is 2.57. The first kappa shape index (κ1) is 22.6. The maximum absolute atomic E-state index is 12.4. The summed E-state index contributed by atoms with van der Waals surface area (Å²) in [5.74, 6) is -0.622. The van der Waals surface area contributed by atoms with E-state index in [1.165, 1.54) is 28.2 Å². The zero-order chi connectivity index (χ0) is 20.9. The van der Waals surface area contributed by atoms with E-state index in [0.29, 0.717) is 6.54 Å². The van der Waals surface area contributed by atoms with E-state index in [2.05, 4.69) is 9.17 Å². The van der Waals surface area contributed by atoms with Crippen LogP contribution in [0.4, 0.5) is 4.79 Å². The predicted octanol–water partition coefficient (Wildman–Crippen LogP) is 3.78. The van der Waals surface area contributed by atoms with E-state index in [-0.39, 0.29) is 40.0 Å². The molecule has 9 nitrogen and oxygen atoms in total. The van der Waals surface area contributed by atoms with E-state index >= 15 is 0 Å². The van der Waals surface area contributed by atoms with Gasteiger partial charge in [0, 0.05) is 18.9 Å². The monoisotopic (exact) mass is 471 g/mol. The Bertz CT molecular complexity index is 937. The topological polar surface area (TPSA) is 111 Å². The van der Waals surface area contributed by atoms with Gasteiger partial charge in [-0.05, 0) is 12.5 Å². The average Bonchev–Trinajstić information content (AvgIpc) is 3.13. The molecule has 1 aromatic heterocycles. The van der Waals surface area contributed by atoms with Crippen molar-refractivity contribution in [1.82, 2.24) is 14.5 Å². The number of carbonyl (C=O) groups is 1. The zero-order valence-electron chi connectivity index (χ0n) is 14.5. The number of hydrogen-bond donors (Lipinski definition) is 1. The van der Waals surface area contributed by atoms with Crippen LogP contribution in [0.2, 0.25) is 15.1 Å². The predicted molar refractivity (Wildman–Crippen MR) is 104 cm³/mol. The Kier molecular flexibility index (Phi) is 7.79. The maximum Gasteiger partial charge on any atom is 0.446 e. The molecule has 0 atom stereocenters. The average molecular weight is 473 g/mol. The van der Waals surface area contributed by atoms with Crippen LogP contribution in [0.5, 0.6) is 11.5 Å². The van der Waals surface area contributed by atoms with Crippen molar-refractivity contribution in [3.8, 4) is 11.5 Å². The van der Waals surface area contributed by atoms with Crippen LogP contribution in [0.25, 0.3) is 0 Å². The summed E-state index contributed by atoms with van der Waals surface area (Å²) < 4.78 is 42.0. The number of hydrogen-bond acceptors (Lipinski definition) is 6. The van der Waals surface area contributed by atoms with E-state index in [4.69, 9.17) is 44.1 Å². The second-order valence-electron chi connectivity index (χ2n) is 5.41. The van der Waals surface area contributed by atoms with Crippen LogP contribution in [0.1, 0.15) is 13.3 Å². The van der Waals surface area contributed by atoms with Gasteiger partial charge in [0.15, 0.2) is 11.5 Å². The van der Waals surface area contributed by atoms with Gasteiger partial charge in [0.1, 0.15) is 18.0 Å². The first-order valence-electron chi connectivity index (χ1n) is 7.88. The fourth-order valence-electron chi connectivity index (χ4n) is 2.24. The van der Waals surface area contributed by atoms with Crippen LogP contribution in [0, 0.1) is 0 Å². The van der Waals surface area contributed by atoms with Crippen LogP contribution >= 0.6 is 34.8 Å². The lowest BCUT2D eigenvalue weighted by atomic mass is 10.3. The molecule has 1 amide bonds. The van der Waals surface area contributed by atoms with Crippen molar-refractivity contribution in [3.63, 3.8) is 0 Å². The molecule has 0 unspecified atom stereocenters. The molecule has 1 aromatic carbocycles. The molecule has 0 aliphatic carbocycles. The minimum absolute atomic E-state index is 0.000616. The van der Waals surface area contributed by atoms with Gasteiger partial charge in [-0.25, -0.2) is 9.78 Å². The van der Waals surface area contributed by atoms with Gasteiger partial charge in [-0.2, -0.15) is 8.42 Å². The largest absolute Gasteiger partial charge is 0.488 e. The highest BCUT2D eigenvalue weighted by Gasteiger charge is 2.22. The molecular weight excluding hydrogens is 457 g/mol. The highest BCUT2D eigenvalue weighted by Crippen LogP contribution is 2.45. The van der Waals surface area contributed by atoms with Gasteiger partial charge in [-0.1, -0.05) is 41.7 Å². The van der Waals surface area contributed by atoms with Crippen molar-refractivity contribution in [2.45, 2.75) is 13.3 Å². The molecule has 1 heterocycles. The first-order valence-corrected chi connectivity index (χ1v) is 10.4. The summed E-state index contributed by atoms with van der Waals surface area (Å²) in [7, 11) is -4.86. The molecule has 0 spiro atoms. The second-order valence-corrected chi connectivity index (χ2v) is 7.63. The van der Waals surface area contributed by atoms with Crippen LogP contribution in [0.15, 0.2) is 24.8 Å². The van der Waals surface area contributed by atoms with E-state index in [0.717, 1.165) is 12.5 Å². The fourth-order valence-corrected chi connectivity index (χ4v) is 3.66. The molecule has 0 aliphatic rings. The number of carbonyl (C=O) groups excluding carboxylic acids is 1. The molecule has 154 valence electrons. The van der Waals surface area contributed by atoms with E-state index < -0.39 is 16.1 Å². The molecule has 0 aliphatic heterocycles. The smallest absolute Gasteiger partial charge is 0.446 e. The van der Waals surface area contributed by atoms with Crippen molar-refractivity contribution < 1.29 is 26.7 Å². The molecule has 2 aromatic rings. The minimum atomic E-state index is -4.86. The normalized spacial score (nSPS) is 11.3. The van der Waals surface area contributed by atoms with Crippen molar-refractivity contribution in [2.75, 3.05) is 19.7 Å². The van der Waals surface area contributed by atoms with Gasteiger partial charge in [0.05, 0.1) is 16.6 Å². The third kappa shape index (κ3) is 5.89. The van der Waals surface area contributed by atoms with E-state index in [9.17, 15) is 13.2 Å². The second kappa shape index (κ2) is 9.66. The highest BCUT2D eigenvalue weighted by atomic mass is 35.5. The third-order valence-electron chi connectivity index (χ3n) is 3.37. The SMILES string of the molecule is CCCN(CCOc1c(Cl)cc(Cl)c(OS(=O)(=O)O)c1Cl)C(=O)n1ccnc1. The molecule has 28 heavy (non-hydrogen) atoms. The number of amides is 1. The van der Waals surface area contributed by atoms with Crippen molar-refractivity contribution in [2.24, 2.45) is 0 Å². The maximum atomic E-state index is 12.4. The van der Waals surface area contributed by atoms with Crippen LogP contribution in [-0.2, 0) is 10.4 Å². The molecule has 0 fully saturated rings. The lowest BCUT2D eigenvalue weighted by Gasteiger charge is -2.22. The Morgan fingerprint density at radius 2 is 1.93 bits per heavy atom. The molecule has 0 saturated heterocycles. The van der Waals surface area contributed by atoms with Gasteiger partial charge >= 0.3 is 16.4 Å². The van der Waals surface area contributed by atoms with Gasteiger partial charge < -0.3 is 13.8 Å².